The summed E-state index contributed by atoms with van der Waals surface area (Å²) in [6.45, 7) is 0. The zero-order valence-corrected chi connectivity index (χ0v) is 16.5. The molecule has 0 saturated carbocycles. The lowest BCUT2D eigenvalue weighted by atomic mass is 10.1. The molecule has 29 heavy (non-hydrogen) atoms. The molecule has 0 aliphatic carbocycles. The van der Waals surface area contributed by atoms with E-state index in [9.17, 15) is 8.42 Å². The van der Waals surface area contributed by atoms with Crippen molar-refractivity contribution in [2.24, 2.45) is 0 Å². The molecule has 0 aromatic heterocycles. The van der Waals surface area contributed by atoms with E-state index in [1.165, 1.54) is 12.1 Å². The summed E-state index contributed by atoms with van der Waals surface area (Å²) in [5, 5.41) is 3.18. The number of nitrogen functional groups attached to an aromatic ring is 2. The van der Waals surface area contributed by atoms with Gasteiger partial charge in [-0.2, -0.15) is 13.9 Å². The SMILES string of the molecule is CNOc1ccc2ccccc2c1N.Nc1ccc(S(=O)(=O)O)c2ccccc12. The first kappa shape index (κ1) is 20.4. The Morgan fingerprint density at radius 3 is 2.10 bits per heavy atom. The van der Waals surface area contributed by atoms with E-state index < -0.39 is 10.1 Å². The van der Waals surface area contributed by atoms with E-state index in [2.05, 4.69) is 5.48 Å². The van der Waals surface area contributed by atoms with Gasteiger partial charge in [0.2, 0.25) is 0 Å². The van der Waals surface area contributed by atoms with E-state index in [1.807, 2.05) is 36.4 Å². The summed E-state index contributed by atoms with van der Waals surface area (Å²) in [5.41, 5.74) is 15.4. The van der Waals surface area contributed by atoms with E-state index in [0.29, 0.717) is 27.9 Å². The number of hydroxylamine groups is 1. The minimum Gasteiger partial charge on any atom is -0.407 e. The summed E-state index contributed by atoms with van der Waals surface area (Å²) in [4.78, 5) is 5.05. The van der Waals surface area contributed by atoms with Crippen LogP contribution in [0.15, 0.2) is 77.7 Å². The van der Waals surface area contributed by atoms with Crippen LogP contribution >= 0.6 is 0 Å². The fraction of sp³-hybridized carbons (Fsp3) is 0.0476. The smallest absolute Gasteiger partial charge is 0.295 e. The van der Waals surface area contributed by atoms with Crippen molar-refractivity contribution < 1.29 is 17.8 Å². The van der Waals surface area contributed by atoms with Crippen molar-refractivity contribution in [1.29, 1.82) is 0 Å². The van der Waals surface area contributed by atoms with Crippen molar-refractivity contribution in [1.82, 2.24) is 5.48 Å². The molecule has 0 spiro atoms. The zero-order valence-electron chi connectivity index (χ0n) is 15.7. The summed E-state index contributed by atoms with van der Waals surface area (Å²) in [7, 11) is -2.50. The highest BCUT2D eigenvalue weighted by Gasteiger charge is 2.14. The van der Waals surface area contributed by atoms with Crippen LogP contribution in [0.2, 0.25) is 0 Å². The topological polar surface area (TPSA) is 128 Å². The van der Waals surface area contributed by atoms with Crippen molar-refractivity contribution in [3.63, 3.8) is 0 Å². The third-order valence-corrected chi connectivity index (χ3v) is 5.25. The maximum absolute atomic E-state index is 11.1. The molecule has 0 saturated heterocycles. The van der Waals surface area contributed by atoms with Gasteiger partial charge in [-0.3, -0.25) is 4.55 Å². The number of nitrogens with one attached hydrogen (secondary N) is 1. The molecular weight excluding hydrogens is 390 g/mol. The summed E-state index contributed by atoms with van der Waals surface area (Å²) >= 11 is 0. The Morgan fingerprint density at radius 1 is 0.828 bits per heavy atom. The zero-order chi connectivity index (χ0) is 21.0. The predicted molar refractivity (Wildman–Crippen MR) is 116 cm³/mol. The molecular formula is C21H21N3O4S. The normalized spacial score (nSPS) is 11.1. The second kappa shape index (κ2) is 8.36. The summed E-state index contributed by atoms with van der Waals surface area (Å²) in [5.74, 6) is 0.659. The summed E-state index contributed by atoms with van der Waals surface area (Å²) < 4.78 is 31.2. The second-order valence-electron chi connectivity index (χ2n) is 6.18. The lowest BCUT2D eigenvalue weighted by Gasteiger charge is -2.08. The average Bonchev–Trinajstić information content (AvgIpc) is 2.70. The van der Waals surface area contributed by atoms with Gasteiger partial charge in [0.05, 0.1) is 5.69 Å². The van der Waals surface area contributed by atoms with Gasteiger partial charge in [0.1, 0.15) is 4.90 Å². The molecule has 0 radical (unpaired) electrons. The maximum atomic E-state index is 11.1. The number of fused-ring (bicyclic) bond motifs is 2. The molecule has 0 fully saturated rings. The van der Waals surface area contributed by atoms with Crippen LogP contribution < -0.4 is 21.8 Å². The molecule has 0 amide bonds. The highest BCUT2D eigenvalue weighted by Crippen LogP contribution is 2.30. The molecule has 4 rings (SSSR count). The standard InChI is InChI=1S/C11H12N2O.C10H9NO3S/c1-13-14-10-7-6-8-4-2-3-5-9(8)11(10)12;11-9-5-6-10(15(12,13)14)8-4-2-1-3-7(8)9/h2-7,13H,12H2,1H3;1-6H,11H2,(H,12,13,14). The van der Waals surface area contributed by atoms with Crippen LogP contribution in [-0.4, -0.2) is 20.0 Å². The van der Waals surface area contributed by atoms with E-state index in [4.69, 9.17) is 20.9 Å². The Bertz CT molecular complexity index is 1270. The minimum atomic E-state index is -4.20. The van der Waals surface area contributed by atoms with Crippen LogP contribution in [0.25, 0.3) is 21.5 Å². The highest BCUT2D eigenvalue weighted by atomic mass is 32.2. The van der Waals surface area contributed by atoms with Gasteiger partial charge < -0.3 is 16.3 Å². The monoisotopic (exact) mass is 411 g/mol. The van der Waals surface area contributed by atoms with Gasteiger partial charge in [-0.25, -0.2) is 0 Å². The van der Waals surface area contributed by atoms with Crippen LogP contribution in [0.4, 0.5) is 11.4 Å². The largest absolute Gasteiger partial charge is 0.407 e. The van der Waals surface area contributed by atoms with Crippen LogP contribution in [0.5, 0.6) is 5.75 Å². The molecule has 6 N–H and O–H groups in total. The number of anilines is 2. The average molecular weight is 411 g/mol. The molecule has 0 heterocycles. The van der Waals surface area contributed by atoms with Crippen LogP contribution in [0.3, 0.4) is 0 Å². The molecule has 7 nitrogen and oxygen atoms in total. The first-order chi connectivity index (χ1) is 13.8. The Morgan fingerprint density at radius 2 is 1.45 bits per heavy atom. The number of benzene rings is 4. The Hall–Kier alpha value is -3.33. The van der Waals surface area contributed by atoms with Crippen molar-refractivity contribution in [3.8, 4) is 5.75 Å². The van der Waals surface area contributed by atoms with E-state index in [-0.39, 0.29) is 4.90 Å². The molecule has 8 heteroatoms. The van der Waals surface area contributed by atoms with E-state index >= 15 is 0 Å². The number of nitrogens with two attached hydrogens (primary N) is 2. The Kier molecular flexibility index (Phi) is 5.88. The van der Waals surface area contributed by atoms with E-state index in [1.54, 1.807) is 31.3 Å². The molecule has 0 atom stereocenters. The van der Waals surface area contributed by atoms with Gasteiger partial charge in [-0.05, 0) is 23.6 Å². The molecule has 4 aromatic rings. The third kappa shape index (κ3) is 4.40. The van der Waals surface area contributed by atoms with Crippen molar-refractivity contribution >= 4 is 43.0 Å². The molecule has 0 unspecified atom stereocenters. The quantitative estimate of drug-likeness (QED) is 0.230. The fourth-order valence-corrected chi connectivity index (χ4v) is 3.69. The maximum Gasteiger partial charge on any atom is 0.295 e. The fourth-order valence-electron chi connectivity index (χ4n) is 2.99. The molecule has 0 aliphatic rings. The summed E-state index contributed by atoms with van der Waals surface area (Å²) in [6.07, 6.45) is 0. The lowest BCUT2D eigenvalue weighted by molar-refractivity contribution is 0.225. The van der Waals surface area contributed by atoms with Crippen LogP contribution in [-0.2, 0) is 10.1 Å². The number of rotatable bonds is 3. The highest BCUT2D eigenvalue weighted by molar-refractivity contribution is 7.86. The number of hydrogen-bond donors (Lipinski definition) is 4. The lowest BCUT2D eigenvalue weighted by Crippen LogP contribution is -2.12. The van der Waals surface area contributed by atoms with Gasteiger partial charge in [0.25, 0.3) is 10.1 Å². The van der Waals surface area contributed by atoms with Crippen molar-refractivity contribution in [2.45, 2.75) is 4.90 Å². The Balaban J connectivity index is 0.000000166. The summed E-state index contributed by atoms with van der Waals surface area (Å²) in [6, 6.07) is 21.3. The molecule has 0 bridgehead atoms. The minimum absolute atomic E-state index is 0.118. The molecule has 4 aromatic carbocycles. The first-order valence-electron chi connectivity index (χ1n) is 8.68. The van der Waals surface area contributed by atoms with Crippen LogP contribution in [0, 0.1) is 0 Å². The third-order valence-electron chi connectivity index (χ3n) is 4.34. The van der Waals surface area contributed by atoms with Crippen molar-refractivity contribution in [2.75, 3.05) is 18.5 Å². The predicted octanol–water partition coefficient (Wildman–Crippen LogP) is 3.60. The van der Waals surface area contributed by atoms with Gasteiger partial charge in [-0.1, -0.05) is 54.6 Å². The molecule has 0 aliphatic heterocycles. The van der Waals surface area contributed by atoms with Gasteiger partial charge in [-0.15, -0.1) is 0 Å². The first-order valence-corrected chi connectivity index (χ1v) is 10.1. The van der Waals surface area contributed by atoms with Crippen LogP contribution in [0.1, 0.15) is 0 Å². The van der Waals surface area contributed by atoms with Crippen molar-refractivity contribution in [3.05, 3.63) is 72.8 Å². The van der Waals surface area contributed by atoms with Gasteiger partial charge in [0.15, 0.2) is 5.75 Å². The van der Waals surface area contributed by atoms with E-state index in [0.717, 1.165) is 10.8 Å². The molecule has 150 valence electrons. The number of hydrogen-bond acceptors (Lipinski definition) is 6. The second-order valence-corrected chi connectivity index (χ2v) is 7.57. The van der Waals surface area contributed by atoms with Gasteiger partial charge in [0, 0.05) is 28.9 Å². The van der Waals surface area contributed by atoms with Gasteiger partial charge >= 0.3 is 0 Å². The Labute approximate surface area is 168 Å².